The van der Waals surface area contributed by atoms with E-state index >= 15 is 0 Å². The van der Waals surface area contributed by atoms with Gasteiger partial charge in [-0.25, -0.2) is 9.97 Å². The molecular formula is C13H11ClN4. The van der Waals surface area contributed by atoms with Gasteiger partial charge in [0.25, 0.3) is 0 Å². The van der Waals surface area contributed by atoms with E-state index in [4.69, 9.17) is 11.6 Å². The summed E-state index contributed by atoms with van der Waals surface area (Å²) >= 11 is 5.97. The highest BCUT2D eigenvalue weighted by Gasteiger charge is 2.02. The van der Waals surface area contributed by atoms with Crippen LogP contribution in [0.1, 0.15) is 5.69 Å². The maximum absolute atomic E-state index is 5.97. The molecule has 2 heterocycles. The molecule has 0 spiro atoms. The summed E-state index contributed by atoms with van der Waals surface area (Å²) in [7, 11) is 0. The Morgan fingerprint density at radius 2 is 2.17 bits per heavy atom. The zero-order valence-corrected chi connectivity index (χ0v) is 10.3. The second-order valence-corrected chi connectivity index (χ2v) is 4.42. The van der Waals surface area contributed by atoms with Crippen LogP contribution in [0.15, 0.2) is 55.5 Å². The average Bonchev–Trinajstić information content (AvgIpc) is 3.01. The number of hydrogen-bond donors (Lipinski definition) is 0. The van der Waals surface area contributed by atoms with Crippen molar-refractivity contribution in [1.82, 2.24) is 19.1 Å². The van der Waals surface area contributed by atoms with Gasteiger partial charge in [-0.2, -0.15) is 0 Å². The molecule has 0 saturated carbocycles. The molecule has 0 saturated heterocycles. The number of rotatable bonds is 3. The molecule has 0 atom stereocenters. The SMILES string of the molecule is Clc1cccc(-n2cnc(Cn3ccnc3)c2)c1. The summed E-state index contributed by atoms with van der Waals surface area (Å²) in [5.41, 5.74) is 1.99. The van der Waals surface area contributed by atoms with E-state index in [1.807, 2.05) is 45.8 Å². The van der Waals surface area contributed by atoms with E-state index in [0.29, 0.717) is 6.54 Å². The van der Waals surface area contributed by atoms with E-state index in [-0.39, 0.29) is 0 Å². The molecule has 4 nitrogen and oxygen atoms in total. The van der Waals surface area contributed by atoms with Crippen LogP contribution < -0.4 is 0 Å². The fraction of sp³-hybridized carbons (Fsp3) is 0.0769. The molecule has 0 aliphatic rings. The van der Waals surface area contributed by atoms with Crippen molar-refractivity contribution in [2.45, 2.75) is 6.54 Å². The molecule has 0 amide bonds. The second kappa shape index (κ2) is 4.66. The van der Waals surface area contributed by atoms with Gasteiger partial charge in [0.05, 0.1) is 24.9 Å². The number of nitrogens with zero attached hydrogens (tertiary/aromatic N) is 4. The number of halogens is 1. The highest BCUT2D eigenvalue weighted by Crippen LogP contribution is 2.15. The summed E-state index contributed by atoms with van der Waals surface area (Å²) in [5.74, 6) is 0. The lowest BCUT2D eigenvalue weighted by atomic mass is 10.3. The summed E-state index contributed by atoms with van der Waals surface area (Å²) < 4.78 is 3.93. The molecule has 0 N–H and O–H groups in total. The van der Waals surface area contributed by atoms with Crippen LogP contribution >= 0.6 is 11.6 Å². The van der Waals surface area contributed by atoms with Crippen LogP contribution in [0.5, 0.6) is 0 Å². The topological polar surface area (TPSA) is 35.6 Å². The van der Waals surface area contributed by atoms with Crippen molar-refractivity contribution in [3.8, 4) is 5.69 Å². The Morgan fingerprint density at radius 3 is 2.94 bits per heavy atom. The predicted octanol–water partition coefficient (Wildman–Crippen LogP) is 2.77. The Labute approximate surface area is 109 Å². The molecule has 3 rings (SSSR count). The molecule has 0 unspecified atom stereocenters. The minimum atomic E-state index is 0.716. The van der Waals surface area contributed by atoms with Crippen molar-refractivity contribution in [1.29, 1.82) is 0 Å². The summed E-state index contributed by atoms with van der Waals surface area (Å²) in [6.45, 7) is 0.716. The Bertz CT molecular complexity index is 643. The fourth-order valence-electron chi connectivity index (χ4n) is 1.79. The van der Waals surface area contributed by atoms with Gasteiger partial charge in [-0.15, -0.1) is 0 Å². The largest absolute Gasteiger partial charge is 0.331 e. The van der Waals surface area contributed by atoms with Gasteiger partial charge in [-0.05, 0) is 18.2 Å². The Balaban J connectivity index is 1.85. The molecule has 0 fully saturated rings. The smallest absolute Gasteiger partial charge is 0.0996 e. The lowest BCUT2D eigenvalue weighted by Gasteiger charge is -2.01. The Kier molecular flexibility index (Phi) is 2.86. The van der Waals surface area contributed by atoms with Gasteiger partial charge in [0, 0.05) is 29.3 Å². The fourth-order valence-corrected chi connectivity index (χ4v) is 1.98. The predicted molar refractivity (Wildman–Crippen MR) is 69.9 cm³/mol. The quantitative estimate of drug-likeness (QED) is 0.724. The van der Waals surface area contributed by atoms with E-state index in [9.17, 15) is 0 Å². The maximum Gasteiger partial charge on any atom is 0.0996 e. The van der Waals surface area contributed by atoms with Crippen LogP contribution in [0.25, 0.3) is 5.69 Å². The first-order valence-electron chi connectivity index (χ1n) is 5.56. The van der Waals surface area contributed by atoms with E-state index in [1.54, 1.807) is 18.9 Å². The van der Waals surface area contributed by atoms with Crippen molar-refractivity contribution >= 4 is 11.6 Å². The molecule has 90 valence electrons. The highest BCUT2D eigenvalue weighted by molar-refractivity contribution is 6.30. The minimum Gasteiger partial charge on any atom is -0.331 e. The molecule has 1 aromatic carbocycles. The molecule has 0 aliphatic heterocycles. The van der Waals surface area contributed by atoms with E-state index in [0.717, 1.165) is 16.4 Å². The number of hydrogen-bond acceptors (Lipinski definition) is 2. The molecule has 5 heteroatoms. The molecular weight excluding hydrogens is 248 g/mol. The van der Waals surface area contributed by atoms with Crippen molar-refractivity contribution < 1.29 is 0 Å². The first kappa shape index (κ1) is 11.0. The molecule has 0 radical (unpaired) electrons. The molecule has 0 bridgehead atoms. The van der Waals surface area contributed by atoms with Crippen molar-refractivity contribution in [3.05, 3.63) is 66.2 Å². The normalized spacial score (nSPS) is 10.7. The van der Waals surface area contributed by atoms with E-state index in [1.165, 1.54) is 0 Å². The maximum atomic E-state index is 5.97. The standard InChI is InChI=1S/C13H11ClN4/c14-11-2-1-3-13(6-11)18-8-12(16-10-18)7-17-5-4-15-9-17/h1-6,8-10H,7H2. The minimum absolute atomic E-state index is 0.716. The third-order valence-electron chi connectivity index (χ3n) is 2.65. The molecule has 3 aromatic rings. The number of aromatic nitrogens is 4. The summed E-state index contributed by atoms with van der Waals surface area (Å²) in [6, 6.07) is 7.68. The summed E-state index contributed by atoms with van der Waals surface area (Å²) in [5, 5.41) is 0.720. The second-order valence-electron chi connectivity index (χ2n) is 3.99. The van der Waals surface area contributed by atoms with Crippen LogP contribution in [-0.4, -0.2) is 19.1 Å². The molecule has 18 heavy (non-hydrogen) atoms. The van der Waals surface area contributed by atoms with Crippen LogP contribution in [0, 0.1) is 0 Å². The van der Waals surface area contributed by atoms with Gasteiger partial charge < -0.3 is 9.13 Å². The molecule has 2 aromatic heterocycles. The van der Waals surface area contributed by atoms with Gasteiger partial charge in [-0.1, -0.05) is 17.7 Å². The van der Waals surface area contributed by atoms with Crippen molar-refractivity contribution in [2.75, 3.05) is 0 Å². The lowest BCUT2D eigenvalue weighted by Crippen LogP contribution is -1.96. The third-order valence-corrected chi connectivity index (χ3v) is 2.88. The first-order chi connectivity index (χ1) is 8.81. The van der Waals surface area contributed by atoms with E-state index in [2.05, 4.69) is 9.97 Å². The van der Waals surface area contributed by atoms with Crippen LogP contribution in [-0.2, 0) is 6.54 Å². The zero-order chi connectivity index (χ0) is 12.4. The summed E-state index contributed by atoms with van der Waals surface area (Å²) in [4.78, 5) is 8.37. The van der Waals surface area contributed by atoms with Crippen LogP contribution in [0.2, 0.25) is 5.02 Å². The van der Waals surface area contributed by atoms with Gasteiger partial charge in [-0.3, -0.25) is 0 Å². The van der Waals surface area contributed by atoms with Gasteiger partial charge in [0.15, 0.2) is 0 Å². The van der Waals surface area contributed by atoms with Gasteiger partial charge in [0.1, 0.15) is 0 Å². The number of imidazole rings is 2. The van der Waals surface area contributed by atoms with E-state index < -0.39 is 0 Å². The van der Waals surface area contributed by atoms with Crippen LogP contribution in [0.3, 0.4) is 0 Å². The first-order valence-corrected chi connectivity index (χ1v) is 5.93. The summed E-state index contributed by atoms with van der Waals surface area (Å²) in [6.07, 6.45) is 9.23. The highest BCUT2D eigenvalue weighted by atomic mass is 35.5. The lowest BCUT2D eigenvalue weighted by molar-refractivity contribution is 0.778. The third kappa shape index (κ3) is 2.28. The van der Waals surface area contributed by atoms with Crippen molar-refractivity contribution in [2.24, 2.45) is 0 Å². The monoisotopic (exact) mass is 258 g/mol. The Morgan fingerprint density at radius 1 is 1.22 bits per heavy atom. The zero-order valence-electron chi connectivity index (χ0n) is 9.57. The van der Waals surface area contributed by atoms with Crippen molar-refractivity contribution in [3.63, 3.8) is 0 Å². The Hall–Kier alpha value is -2.07. The van der Waals surface area contributed by atoms with Crippen LogP contribution in [0.4, 0.5) is 0 Å². The molecule has 0 aliphatic carbocycles. The van der Waals surface area contributed by atoms with Gasteiger partial charge in [0.2, 0.25) is 0 Å². The van der Waals surface area contributed by atoms with Gasteiger partial charge >= 0.3 is 0 Å². The average molecular weight is 259 g/mol. The number of benzene rings is 1.